The number of rotatable bonds is 3. The molecule has 0 bridgehead atoms. The lowest BCUT2D eigenvalue weighted by molar-refractivity contribution is 0.0565. The van der Waals surface area contributed by atoms with Crippen molar-refractivity contribution >= 4 is 19.2 Å². The third-order valence-corrected chi connectivity index (χ3v) is 3.42. The molecule has 7 heteroatoms. The van der Waals surface area contributed by atoms with Crippen LogP contribution in [0.25, 0.3) is 0 Å². The second kappa shape index (κ2) is 4.41. The molecule has 0 saturated heterocycles. The van der Waals surface area contributed by atoms with Crippen molar-refractivity contribution in [2.75, 3.05) is 0 Å². The topological polar surface area (TPSA) is 57.5 Å². The van der Waals surface area contributed by atoms with Crippen LogP contribution in [0.5, 0.6) is 0 Å². The van der Waals surface area contributed by atoms with Crippen molar-refractivity contribution < 1.29 is 23.1 Å². The minimum atomic E-state index is -5.56. The first-order chi connectivity index (χ1) is 7.20. The van der Waals surface area contributed by atoms with E-state index < -0.39 is 18.8 Å². The van der Waals surface area contributed by atoms with Gasteiger partial charge in [-0.25, -0.2) is 0 Å². The summed E-state index contributed by atoms with van der Waals surface area (Å²) in [7, 11) is -5.56. The lowest BCUT2D eigenvalue weighted by Gasteiger charge is -2.19. The SMILES string of the molecule is CCc1ccc(C(F)(F)P(=O)(O)O)c(Cl)c1. The van der Waals surface area contributed by atoms with Gasteiger partial charge in [0.25, 0.3) is 0 Å². The van der Waals surface area contributed by atoms with Gasteiger partial charge in [-0.1, -0.05) is 30.7 Å². The molecule has 0 radical (unpaired) electrons. The maximum Gasteiger partial charge on any atom is 0.399 e. The van der Waals surface area contributed by atoms with Crippen LogP contribution >= 0.6 is 19.2 Å². The molecule has 1 rings (SSSR count). The number of halogens is 3. The van der Waals surface area contributed by atoms with Crippen molar-refractivity contribution in [3.8, 4) is 0 Å². The molecular formula is C9H10ClF2O3P. The van der Waals surface area contributed by atoms with E-state index >= 15 is 0 Å². The average molecular weight is 271 g/mol. The zero-order valence-corrected chi connectivity index (χ0v) is 9.97. The second-order valence-electron chi connectivity index (χ2n) is 3.25. The van der Waals surface area contributed by atoms with Crippen molar-refractivity contribution in [3.05, 3.63) is 34.3 Å². The van der Waals surface area contributed by atoms with Crippen LogP contribution in [-0.2, 0) is 16.6 Å². The standard InChI is InChI=1S/C9H10ClF2O3P/c1-2-6-3-4-7(8(10)5-6)9(11,12)16(13,14)15/h3-5H,2H2,1H3,(H2,13,14,15). The highest BCUT2D eigenvalue weighted by atomic mass is 35.5. The van der Waals surface area contributed by atoms with Crippen molar-refractivity contribution in [2.24, 2.45) is 0 Å². The van der Waals surface area contributed by atoms with Crippen LogP contribution in [0, 0.1) is 0 Å². The Labute approximate surface area is 96.2 Å². The van der Waals surface area contributed by atoms with Crippen LogP contribution in [0.1, 0.15) is 18.1 Å². The van der Waals surface area contributed by atoms with E-state index in [1.165, 1.54) is 12.1 Å². The number of hydrogen-bond acceptors (Lipinski definition) is 1. The van der Waals surface area contributed by atoms with E-state index in [1.807, 2.05) is 6.92 Å². The van der Waals surface area contributed by atoms with Gasteiger partial charge in [0.05, 0.1) is 10.6 Å². The fourth-order valence-electron chi connectivity index (χ4n) is 1.18. The quantitative estimate of drug-likeness (QED) is 0.830. The summed E-state index contributed by atoms with van der Waals surface area (Å²) in [5.74, 6) is 0. The zero-order chi connectivity index (χ0) is 12.6. The molecule has 90 valence electrons. The molecule has 0 spiro atoms. The average Bonchev–Trinajstić information content (AvgIpc) is 2.15. The first kappa shape index (κ1) is 13.6. The van der Waals surface area contributed by atoms with Gasteiger partial charge in [0.1, 0.15) is 0 Å². The van der Waals surface area contributed by atoms with Crippen molar-refractivity contribution in [1.82, 2.24) is 0 Å². The Balaban J connectivity index is 3.30. The molecule has 0 heterocycles. The normalized spacial score (nSPS) is 12.9. The predicted molar refractivity (Wildman–Crippen MR) is 56.8 cm³/mol. The fraction of sp³-hybridized carbons (Fsp3) is 0.333. The monoisotopic (exact) mass is 270 g/mol. The molecule has 0 saturated carbocycles. The van der Waals surface area contributed by atoms with Crippen LogP contribution in [0.2, 0.25) is 5.02 Å². The molecule has 1 aromatic carbocycles. The maximum atomic E-state index is 13.3. The molecular weight excluding hydrogens is 261 g/mol. The van der Waals surface area contributed by atoms with Gasteiger partial charge in [-0.3, -0.25) is 4.57 Å². The summed E-state index contributed by atoms with van der Waals surface area (Å²) in [5, 5.41) is -0.340. The first-order valence-electron chi connectivity index (χ1n) is 4.42. The minimum Gasteiger partial charge on any atom is -0.320 e. The summed E-state index contributed by atoms with van der Waals surface area (Å²) in [6.07, 6.45) is 0.599. The molecule has 0 fully saturated rings. The van der Waals surface area contributed by atoms with E-state index in [1.54, 1.807) is 0 Å². The Hall–Kier alpha value is -0.480. The third-order valence-electron chi connectivity index (χ3n) is 2.13. The molecule has 0 atom stereocenters. The van der Waals surface area contributed by atoms with E-state index in [0.29, 0.717) is 6.42 Å². The summed E-state index contributed by atoms with van der Waals surface area (Å²) in [4.78, 5) is 17.1. The summed E-state index contributed by atoms with van der Waals surface area (Å²) in [6.45, 7) is 1.81. The zero-order valence-electron chi connectivity index (χ0n) is 8.32. The van der Waals surface area contributed by atoms with Gasteiger partial charge in [-0.2, -0.15) is 8.78 Å². The first-order valence-corrected chi connectivity index (χ1v) is 6.41. The summed E-state index contributed by atoms with van der Waals surface area (Å²) >= 11 is 5.58. The molecule has 0 aromatic heterocycles. The second-order valence-corrected chi connectivity index (χ2v) is 5.31. The molecule has 1 aromatic rings. The Morgan fingerprint density at radius 1 is 1.44 bits per heavy atom. The van der Waals surface area contributed by atoms with Gasteiger partial charge in [-0.05, 0) is 18.1 Å². The van der Waals surface area contributed by atoms with Crippen LogP contribution in [-0.4, -0.2) is 9.79 Å². The highest BCUT2D eigenvalue weighted by Gasteiger charge is 2.51. The Morgan fingerprint density at radius 3 is 2.38 bits per heavy atom. The number of benzene rings is 1. The largest absolute Gasteiger partial charge is 0.399 e. The highest BCUT2D eigenvalue weighted by Crippen LogP contribution is 2.60. The van der Waals surface area contributed by atoms with Gasteiger partial charge in [0, 0.05) is 0 Å². The smallest absolute Gasteiger partial charge is 0.320 e. The van der Waals surface area contributed by atoms with E-state index in [4.69, 9.17) is 21.4 Å². The number of hydrogen-bond donors (Lipinski definition) is 2. The van der Waals surface area contributed by atoms with E-state index in [0.717, 1.165) is 11.6 Å². The summed E-state index contributed by atoms with van der Waals surface area (Å²) in [6, 6.07) is 3.59. The van der Waals surface area contributed by atoms with Crippen molar-refractivity contribution in [2.45, 2.75) is 19.0 Å². The maximum absolute atomic E-state index is 13.3. The van der Waals surface area contributed by atoms with Gasteiger partial charge in [-0.15, -0.1) is 0 Å². The lowest BCUT2D eigenvalue weighted by Crippen LogP contribution is -2.14. The number of alkyl halides is 2. The van der Waals surface area contributed by atoms with Crippen LogP contribution in [0.15, 0.2) is 18.2 Å². The Morgan fingerprint density at radius 2 is 2.00 bits per heavy atom. The van der Waals surface area contributed by atoms with Crippen molar-refractivity contribution in [3.63, 3.8) is 0 Å². The summed E-state index contributed by atoms with van der Waals surface area (Å²) < 4.78 is 37.3. The van der Waals surface area contributed by atoms with Gasteiger partial charge in [0.2, 0.25) is 0 Å². The number of aryl methyl sites for hydroxylation is 1. The van der Waals surface area contributed by atoms with E-state index in [2.05, 4.69) is 0 Å². The molecule has 0 unspecified atom stereocenters. The van der Waals surface area contributed by atoms with Crippen LogP contribution in [0.4, 0.5) is 8.78 Å². The lowest BCUT2D eigenvalue weighted by atomic mass is 10.1. The fourth-order valence-corrected chi connectivity index (χ4v) is 2.08. The van der Waals surface area contributed by atoms with Crippen LogP contribution in [0.3, 0.4) is 0 Å². The highest BCUT2D eigenvalue weighted by molar-refractivity contribution is 7.52. The molecule has 2 N–H and O–H groups in total. The van der Waals surface area contributed by atoms with E-state index in [-0.39, 0.29) is 5.02 Å². The Bertz CT molecular complexity index is 444. The molecule has 3 nitrogen and oxygen atoms in total. The van der Waals surface area contributed by atoms with Gasteiger partial charge in [0.15, 0.2) is 0 Å². The molecule has 0 aliphatic heterocycles. The molecule has 0 aliphatic carbocycles. The molecule has 0 amide bonds. The van der Waals surface area contributed by atoms with Crippen LogP contribution < -0.4 is 0 Å². The van der Waals surface area contributed by atoms with Crippen molar-refractivity contribution in [1.29, 1.82) is 0 Å². The predicted octanol–water partition coefficient (Wildman–Crippen LogP) is 3.13. The third kappa shape index (κ3) is 2.43. The van der Waals surface area contributed by atoms with Gasteiger partial charge >= 0.3 is 13.3 Å². The molecule has 16 heavy (non-hydrogen) atoms. The van der Waals surface area contributed by atoms with E-state index in [9.17, 15) is 13.3 Å². The minimum absolute atomic E-state index is 0.340. The molecule has 0 aliphatic rings. The van der Waals surface area contributed by atoms with Gasteiger partial charge < -0.3 is 9.79 Å². The Kier molecular flexibility index (Phi) is 3.75. The summed E-state index contributed by atoms with van der Waals surface area (Å²) in [5.41, 5.74) is -4.38.